The van der Waals surface area contributed by atoms with Gasteiger partial charge < -0.3 is 19.6 Å². The molecule has 0 aliphatic carbocycles. The van der Waals surface area contributed by atoms with E-state index in [0.29, 0.717) is 36.1 Å². The number of ether oxygens (including phenoxy) is 2. The molecule has 0 amide bonds. The van der Waals surface area contributed by atoms with Crippen molar-refractivity contribution in [3.63, 3.8) is 0 Å². The molecule has 8 nitrogen and oxygen atoms in total. The predicted molar refractivity (Wildman–Crippen MR) is 95.7 cm³/mol. The minimum atomic E-state index is 0.244. The van der Waals surface area contributed by atoms with Crippen molar-refractivity contribution in [1.82, 2.24) is 19.6 Å². The molecule has 0 atom stereocenters. The average Bonchev–Trinajstić information content (AvgIpc) is 3.32. The van der Waals surface area contributed by atoms with E-state index < -0.39 is 0 Å². The minimum absolute atomic E-state index is 0.244. The van der Waals surface area contributed by atoms with Gasteiger partial charge in [0, 0.05) is 18.7 Å². The van der Waals surface area contributed by atoms with Crippen LogP contribution < -0.4 is 10.5 Å². The summed E-state index contributed by atoms with van der Waals surface area (Å²) >= 11 is 0. The molecular weight excluding hydrogens is 334 g/mol. The summed E-state index contributed by atoms with van der Waals surface area (Å²) < 4.78 is 17.5. The zero-order valence-corrected chi connectivity index (χ0v) is 14.1. The number of aromatic nitrogens is 4. The molecule has 0 spiro atoms. The van der Waals surface area contributed by atoms with Crippen molar-refractivity contribution in [3.05, 3.63) is 48.7 Å². The van der Waals surface area contributed by atoms with Crippen LogP contribution in [0.5, 0.6) is 5.75 Å². The van der Waals surface area contributed by atoms with E-state index in [1.165, 1.54) is 4.52 Å². The molecule has 4 aromatic rings. The fraction of sp³-hybridized carbons (Fsp3) is 0.167. The molecule has 3 heterocycles. The molecule has 0 saturated heterocycles. The molecule has 4 rings (SSSR count). The van der Waals surface area contributed by atoms with E-state index in [1.54, 1.807) is 25.5 Å². The van der Waals surface area contributed by atoms with Gasteiger partial charge in [-0.05, 0) is 24.3 Å². The molecule has 3 aromatic heterocycles. The lowest BCUT2D eigenvalue weighted by Crippen LogP contribution is -2.05. The van der Waals surface area contributed by atoms with Crippen molar-refractivity contribution < 1.29 is 13.9 Å². The molecular formula is C18H17N5O3. The zero-order chi connectivity index (χ0) is 17.9. The molecule has 8 heteroatoms. The molecule has 0 bridgehead atoms. The summed E-state index contributed by atoms with van der Waals surface area (Å²) in [4.78, 5) is 8.91. The quantitative estimate of drug-likeness (QED) is 0.533. The smallest absolute Gasteiger partial charge is 0.223 e. The highest BCUT2D eigenvalue weighted by Crippen LogP contribution is 2.25. The van der Waals surface area contributed by atoms with E-state index in [2.05, 4.69) is 15.1 Å². The summed E-state index contributed by atoms with van der Waals surface area (Å²) in [6, 6.07) is 13.0. The highest BCUT2D eigenvalue weighted by Gasteiger charge is 2.13. The highest BCUT2D eigenvalue weighted by molar-refractivity contribution is 5.67. The maximum Gasteiger partial charge on any atom is 0.223 e. The Hall–Kier alpha value is -3.39. The van der Waals surface area contributed by atoms with Gasteiger partial charge in [-0.1, -0.05) is 12.1 Å². The van der Waals surface area contributed by atoms with Crippen LogP contribution in [0, 0.1) is 0 Å². The first kappa shape index (κ1) is 16.1. The second-order valence-corrected chi connectivity index (χ2v) is 5.55. The van der Waals surface area contributed by atoms with Crippen molar-refractivity contribution in [2.45, 2.75) is 0 Å². The molecule has 0 saturated carbocycles. The van der Waals surface area contributed by atoms with E-state index >= 15 is 0 Å². The Morgan fingerprint density at radius 2 is 2.04 bits per heavy atom. The van der Waals surface area contributed by atoms with Crippen molar-refractivity contribution in [3.8, 4) is 28.6 Å². The Balaban J connectivity index is 1.70. The van der Waals surface area contributed by atoms with E-state index in [1.807, 2.05) is 30.3 Å². The molecule has 132 valence electrons. The van der Waals surface area contributed by atoms with E-state index in [-0.39, 0.29) is 5.95 Å². The third-order valence-corrected chi connectivity index (χ3v) is 3.78. The summed E-state index contributed by atoms with van der Waals surface area (Å²) in [5.74, 6) is 2.01. The first-order valence-electron chi connectivity index (χ1n) is 8.04. The second-order valence-electron chi connectivity index (χ2n) is 5.55. The van der Waals surface area contributed by atoms with Crippen LogP contribution in [0.4, 0.5) is 5.95 Å². The van der Waals surface area contributed by atoms with Gasteiger partial charge in [0.15, 0.2) is 11.4 Å². The standard InChI is InChI=1S/C18H17N5O3/c1-24-8-9-25-13-5-2-4-12(10-13)14-11-16-21-17(15-6-3-7-26-15)22-23(16)18(19)20-14/h2-7,10-11H,8-9H2,1H3,(H2,19,20). The third kappa shape index (κ3) is 3.09. The zero-order valence-electron chi connectivity index (χ0n) is 14.1. The molecule has 0 aliphatic heterocycles. The van der Waals surface area contributed by atoms with Gasteiger partial charge in [0.25, 0.3) is 0 Å². The van der Waals surface area contributed by atoms with Gasteiger partial charge in [0.1, 0.15) is 12.4 Å². The number of nitrogen functional groups attached to an aromatic ring is 1. The fourth-order valence-electron chi connectivity index (χ4n) is 2.56. The summed E-state index contributed by atoms with van der Waals surface area (Å²) in [6.45, 7) is 1.00. The van der Waals surface area contributed by atoms with Crippen LogP contribution in [0.1, 0.15) is 0 Å². The molecule has 0 unspecified atom stereocenters. The van der Waals surface area contributed by atoms with Crippen LogP contribution in [0.25, 0.3) is 28.5 Å². The normalized spacial score (nSPS) is 11.1. The topological polar surface area (TPSA) is 101 Å². The fourth-order valence-corrected chi connectivity index (χ4v) is 2.56. The summed E-state index contributed by atoms with van der Waals surface area (Å²) in [5, 5.41) is 4.34. The third-order valence-electron chi connectivity index (χ3n) is 3.78. The van der Waals surface area contributed by atoms with Gasteiger partial charge in [-0.2, -0.15) is 4.52 Å². The van der Waals surface area contributed by atoms with Gasteiger partial charge in [-0.3, -0.25) is 0 Å². The molecule has 0 aliphatic rings. The summed E-state index contributed by atoms with van der Waals surface area (Å²) in [7, 11) is 1.64. The maximum atomic E-state index is 6.07. The SMILES string of the molecule is COCCOc1cccc(-c2cc3nc(-c4ccco4)nn3c(N)n2)c1. The predicted octanol–water partition coefficient (Wildman–Crippen LogP) is 2.66. The maximum absolute atomic E-state index is 6.07. The number of methoxy groups -OCH3 is 1. The van der Waals surface area contributed by atoms with Crippen molar-refractivity contribution in [2.24, 2.45) is 0 Å². The Labute approximate surface area is 149 Å². The first-order chi connectivity index (χ1) is 12.7. The number of fused-ring (bicyclic) bond motifs is 1. The number of nitrogens with zero attached hydrogens (tertiary/aromatic N) is 4. The van der Waals surface area contributed by atoms with Crippen molar-refractivity contribution >= 4 is 11.6 Å². The number of hydrogen-bond acceptors (Lipinski definition) is 7. The summed E-state index contributed by atoms with van der Waals surface area (Å²) in [6.07, 6.45) is 1.57. The first-order valence-corrected chi connectivity index (χ1v) is 8.04. The van der Waals surface area contributed by atoms with Crippen LogP contribution in [0.3, 0.4) is 0 Å². The van der Waals surface area contributed by atoms with Crippen LogP contribution in [0.15, 0.2) is 53.1 Å². The number of benzene rings is 1. The number of rotatable bonds is 6. The lowest BCUT2D eigenvalue weighted by atomic mass is 10.1. The largest absolute Gasteiger partial charge is 0.491 e. The summed E-state index contributed by atoms with van der Waals surface area (Å²) in [5.41, 5.74) is 8.21. The number of furan rings is 1. The minimum Gasteiger partial charge on any atom is -0.491 e. The monoisotopic (exact) mass is 351 g/mol. The van der Waals surface area contributed by atoms with E-state index in [4.69, 9.17) is 19.6 Å². The highest BCUT2D eigenvalue weighted by atomic mass is 16.5. The Morgan fingerprint density at radius 3 is 2.85 bits per heavy atom. The van der Waals surface area contributed by atoms with Gasteiger partial charge >= 0.3 is 0 Å². The van der Waals surface area contributed by atoms with E-state index in [0.717, 1.165) is 11.3 Å². The molecule has 0 fully saturated rings. The Bertz CT molecular complexity index is 1030. The van der Waals surface area contributed by atoms with Crippen molar-refractivity contribution in [2.75, 3.05) is 26.1 Å². The van der Waals surface area contributed by atoms with Crippen LogP contribution in [-0.2, 0) is 4.74 Å². The van der Waals surface area contributed by atoms with Crippen molar-refractivity contribution in [1.29, 1.82) is 0 Å². The van der Waals surface area contributed by atoms with Crippen LogP contribution in [0.2, 0.25) is 0 Å². The van der Waals surface area contributed by atoms with Gasteiger partial charge in [-0.25, -0.2) is 9.97 Å². The van der Waals surface area contributed by atoms with E-state index in [9.17, 15) is 0 Å². The lowest BCUT2D eigenvalue weighted by Gasteiger charge is -2.08. The second kappa shape index (κ2) is 6.85. The Kier molecular flexibility index (Phi) is 4.24. The van der Waals surface area contributed by atoms with Gasteiger partial charge in [0.2, 0.25) is 11.8 Å². The number of anilines is 1. The lowest BCUT2D eigenvalue weighted by molar-refractivity contribution is 0.146. The average molecular weight is 351 g/mol. The molecule has 26 heavy (non-hydrogen) atoms. The molecule has 0 radical (unpaired) electrons. The van der Waals surface area contributed by atoms with Crippen LogP contribution >= 0.6 is 0 Å². The Morgan fingerprint density at radius 1 is 1.12 bits per heavy atom. The molecule has 1 aromatic carbocycles. The van der Waals surface area contributed by atoms with Gasteiger partial charge in [-0.15, -0.1) is 5.10 Å². The van der Waals surface area contributed by atoms with Crippen LogP contribution in [-0.4, -0.2) is 39.9 Å². The molecule has 2 N–H and O–H groups in total. The van der Waals surface area contributed by atoms with Gasteiger partial charge in [0.05, 0.1) is 18.6 Å². The number of nitrogens with two attached hydrogens (primary N) is 1. The number of hydrogen-bond donors (Lipinski definition) is 1.